The van der Waals surface area contributed by atoms with Crippen molar-refractivity contribution in [2.24, 2.45) is 10.5 Å². The topological polar surface area (TPSA) is 149 Å². The summed E-state index contributed by atoms with van der Waals surface area (Å²) in [6, 6.07) is 2.02. The van der Waals surface area contributed by atoms with Crippen LogP contribution >= 0.6 is 0 Å². The molecule has 0 bridgehead atoms. The number of nitrogens with zero attached hydrogens (tertiary/aromatic N) is 5. The number of ether oxygens (including phenoxy) is 2. The summed E-state index contributed by atoms with van der Waals surface area (Å²) >= 11 is 0. The fourth-order valence-electron chi connectivity index (χ4n) is 1.53. The number of azide groups is 1. The first-order valence-corrected chi connectivity index (χ1v) is 6.17. The van der Waals surface area contributed by atoms with Gasteiger partial charge in [0, 0.05) is 4.91 Å². The predicted molar refractivity (Wildman–Crippen MR) is 69.1 cm³/mol. The maximum atomic E-state index is 11.6. The summed E-state index contributed by atoms with van der Waals surface area (Å²) in [5, 5.41) is 21.5. The zero-order valence-corrected chi connectivity index (χ0v) is 11.8. The van der Waals surface area contributed by atoms with E-state index in [0.717, 1.165) is 0 Å². The first-order valence-electron chi connectivity index (χ1n) is 6.17. The number of rotatable bonds is 8. The molecule has 9 heteroatoms. The van der Waals surface area contributed by atoms with Crippen molar-refractivity contribution in [3.8, 4) is 12.1 Å². The molecule has 9 nitrogen and oxygen atoms in total. The van der Waals surface area contributed by atoms with Gasteiger partial charge in [0.25, 0.3) is 0 Å². The molecule has 1 unspecified atom stereocenters. The van der Waals surface area contributed by atoms with E-state index in [4.69, 9.17) is 20.8 Å². The summed E-state index contributed by atoms with van der Waals surface area (Å²) in [6.45, 7) is 3.30. The predicted octanol–water partition coefficient (Wildman–Crippen LogP) is 1.61. The molecule has 0 rings (SSSR count). The van der Waals surface area contributed by atoms with Gasteiger partial charge < -0.3 is 9.47 Å². The lowest BCUT2D eigenvalue weighted by Crippen LogP contribution is -2.31. The lowest BCUT2D eigenvalue weighted by Gasteiger charge is -2.20. The van der Waals surface area contributed by atoms with Crippen molar-refractivity contribution >= 4 is 11.9 Å². The SMILES string of the molecule is CCOC(=O)CC(C#N)(C#N)CC(N=[N+]=[N-])C(=O)OCC. The smallest absolute Gasteiger partial charge is 0.314 e. The molecule has 0 aromatic heterocycles. The highest BCUT2D eigenvalue weighted by Gasteiger charge is 2.39. The van der Waals surface area contributed by atoms with E-state index in [0.29, 0.717) is 0 Å². The van der Waals surface area contributed by atoms with Gasteiger partial charge in [-0.05, 0) is 25.8 Å². The second-order valence-electron chi connectivity index (χ2n) is 3.96. The van der Waals surface area contributed by atoms with Crippen LogP contribution in [-0.2, 0) is 19.1 Å². The van der Waals surface area contributed by atoms with E-state index in [1.807, 2.05) is 0 Å². The summed E-state index contributed by atoms with van der Waals surface area (Å²) in [5.74, 6) is -1.60. The van der Waals surface area contributed by atoms with Crippen LogP contribution in [0.1, 0.15) is 26.7 Å². The van der Waals surface area contributed by atoms with Gasteiger partial charge in [0.1, 0.15) is 6.04 Å². The standard InChI is InChI=1S/C12H15N5O4/c1-3-20-10(18)6-12(7-13,8-14)5-9(16-17-15)11(19)21-4-2/h9H,3-6H2,1-2H3. The number of carbonyl (C=O) groups is 2. The van der Waals surface area contributed by atoms with Crippen LogP contribution in [0, 0.1) is 28.1 Å². The summed E-state index contributed by atoms with van der Waals surface area (Å²) in [6.07, 6.45) is -0.966. The fraction of sp³-hybridized carbons (Fsp3) is 0.667. The van der Waals surface area contributed by atoms with Gasteiger partial charge in [-0.3, -0.25) is 9.59 Å². The first kappa shape index (κ1) is 18.2. The number of nitriles is 2. The molecule has 0 radical (unpaired) electrons. The molecule has 0 N–H and O–H groups in total. The van der Waals surface area contributed by atoms with Crippen LogP contribution in [0.5, 0.6) is 0 Å². The molecule has 0 amide bonds. The van der Waals surface area contributed by atoms with E-state index < -0.39 is 36.2 Å². The van der Waals surface area contributed by atoms with Crippen molar-refractivity contribution in [1.82, 2.24) is 0 Å². The van der Waals surface area contributed by atoms with Crippen LogP contribution in [0.4, 0.5) is 0 Å². The highest BCUT2D eigenvalue weighted by Crippen LogP contribution is 2.29. The highest BCUT2D eigenvalue weighted by molar-refractivity contribution is 5.77. The molecular formula is C12H15N5O4. The maximum Gasteiger partial charge on any atom is 0.314 e. The van der Waals surface area contributed by atoms with E-state index in [1.165, 1.54) is 0 Å². The van der Waals surface area contributed by atoms with Crippen LogP contribution in [-0.4, -0.2) is 31.2 Å². The Kier molecular flexibility index (Phi) is 7.97. The van der Waals surface area contributed by atoms with E-state index in [2.05, 4.69) is 14.8 Å². The van der Waals surface area contributed by atoms with Gasteiger partial charge in [-0.2, -0.15) is 10.5 Å². The normalized spacial score (nSPS) is 11.2. The molecule has 1 atom stereocenters. The van der Waals surface area contributed by atoms with Crippen LogP contribution < -0.4 is 0 Å². The largest absolute Gasteiger partial charge is 0.466 e. The summed E-state index contributed by atoms with van der Waals surface area (Å²) in [7, 11) is 0. The van der Waals surface area contributed by atoms with Gasteiger partial charge in [-0.15, -0.1) is 0 Å². The lowest BCUT2D eigenvalue weighted by molar-refractivity contribution is -0.147. The van der Waals surface area contributed by atoms with Crippen molar-refractivity contribution in [2.45, 2.75) is 32.7 Å². The zero-order chi connectivity index (χ0) is 16.3. The van der Waals surface area contributed by atoms with E-state index in [9.17, 15) is 9.59 Å². The molecule has 21 heavy (non-hydrogen) atoms. The van der Waals surface area contributed by atoms with Crippen molar-refractivity contribution in [2.75, 3.05) is 13.2 Å². The maximum absolute atomic E-state index is 11.6. The van der Waals surface area contributed by atoms with Gasteiger partial charge in [-0.25, -0.2) is 0 Å². The Labute approximate surface area is 121 Å². The van der Waals surface area contributed by atoms with Crippen LogP contribution in [0.3, 0.4) is 0 Å². The monoisotopic (exact) mass is 293 g/mol. The third-order valence-corrected chi connectivity index (χ3v) is 2.47. The van der Waals surface area contributed by atoms with Crippen LogP contribution in [0.2, 0.25) is 0 Å². The lowest BCUT2D eigenvalue weighted by atomic mass is 9.81. The molecule has 0 aliphatic carbocycles. The second kappa shape index (κ2) is 9.18. The number of hydrogen-bond donors (Lipinski definition) is 0. The molecule has 0 saturated carbocycles. The van der Waals surface area contributed by atoms with Crippen molar-refractivity contribution in [1.29, 1.82) is 10.5 Å². The molecule has 0 aromatic carbocycles. The molecular weight excluding hydrogens is 278 g/mol. The van der Waals surface area contributed by atoms with Gasteiger partial charge in [-0.1, -0.05) is 5.11 Å². The Morgan fingerprint density at radius 1 is 1.29 bits per heavy atom. The fourth-order valence-corrected chi connectivity index (χ4v) is 1.53. The second-order valence-corrected chi connectivity index (χ2v) is 3.96. The minimum Gasteiger partial charge on any atom is -0.466 e. The summed E-state index contributed by atoms with van der Waals surface area (Å²) < 4.78 is 9.39. The highest BCUT2D eigenvalue weighted by atomic mass is 16.5. The molecule has 0 aliphatic rings. The van der Waals surface area contributed by atoms with Crippen molar-refractivity contribution < 1.29 is 19.1 Å². The number of esters is 2. The van der Waals surface area contributed by atoms with Crippen LogP contribution in [0.15, 0.2) is 5.11 Å². The third-order valence-electron chi connectivity index (χ3n) is 2.47. The average molecular weight is 293 g/mol. The van der Waals surface area contributed by atoms with Crippen molar-refractivity contribution in [3.05, 3.63) is 10.4 Å². The Hall–Kier alpha value is -2.77. The molecule has 112 valence electrons. The van der Waals surface area contributed by atoms with Gasteiger partial charge in [0.05, 0.1) is 31.8 Å². The molecule has 0 aromatic rings. The van der Waals surface area contributed by atoms with Gasteiger partial charge in [0.15, 0.2) is 5.41 Å². The van der Waals surface area contributed by atoms with Gasteiger partial charge >= 0.3 is 11.9 Å². The molecule has 0 saturated heterocycles. The summed E-state index contributed by atoms with van der Waals surface area (Å²) in [5.41, 5.74) is 6.63. The summed E-state index contributed by atoms with van der Waals surface area (Å²) in [4.78, 5) is 25.6. The van der Waals surface area contributed by atoms with Gasteiger partial charge in [0.2, 0.25) is 0 Å². The van der Waals surface area contributed by atoms with Crippen LogP contribution in [0.25, 0.3) is 10.4 Å². The van der Waals surface area contributed by atoms with Crippen molar-refractivity contribution in [3.63, 3.8) is 0 Å². The molecule has 0 fully saturated rings. The Morgan fingerprint density at radius 2 is 1.86 bits per heavy atom. The molecule has 0 heterocycles. The third kappa shape index (κ3) is 5.81. The minimum absolute atomic E-state index is 0.0558. The van der Waals surface area contributed by atoms with E-state index in [1.54, 1.807) is 26.0 Å². The minimum atomic E-state index is -1.82. The Bertz CT molecular complexity index is 499. The Morgan fingerprint density at radius 3 is 2.29 bits per heavy atom. The molecule has 0 spiro atoms. The van der Waals surface area contributed by atoms with E-state index >= 15 is 0 Å². The zero-order valence-electron chi connectivity index (χ0n) is 11.8. The average Bonchev–Trinajstić information content (AvgIpc) is 2.46. The number of hydrogen-bond acceptors (Lipinski definition) is 7. The Balaban J connectivity index is 5.24. The van der Waals surface area contributed by atoms with E-state index in [-0.39, 0.29) is 13.2 Å². The number of carbonyl (C=O) groups excluding carboxylic acids is 2. The first-order chi connectivity index (χ1) is 9.98. The quantitative estimate of drug-likeness (QED) is 0.287. The molecule has 0 aliphatic heterocycles.